The van der Waals surface area contributed by atoms with Crippen molar-refractivity contribution in [1.29, 1.82) is 0 Å². The number of esters is 2. The zero-order valence-electron chi connectivity index (χ0n) is 25.7. The van der Waals surface area contributed by atoms with Crippen LogP contribution in [0.5, 0.6) is 11.5 Å². The molecule has 0 radical (unpaired) electrons. The van der Waals surface area contributed by atoms with Crippen molar-refractivity contribution in [2.75, 3.05) is 25.3 Å². The quantitative estimate of drug-likeness (QED) is 0.0489. The highest BCUT2D eigenvalue weighted by atomic mass is 35.5. The van der Waals surface area contributed by atoms with Gasteiger partial charge in [-0.15, -0.1) is 0 Å². The molecule has 0 fully saturated rings. The van der Waals surface area contributed by atoms with E-state index < -0.39 is 62.1 Å². The summed E-state index contributed by atoms with van der Waals surface area (Å²) in [4.78, 5) is 64.1. The maximum Gasteiger partial charge on any atom is 0.417 e. The number of nitrogens with two attached hydrogens (primary N) is 1. The Morgan fingerprint density at radius 3 is 1.49 bits per heavy atom. The van der Waals surface area contributed by atoms with Gasteiger partial charge < -0.3 is 24.7 Å². The molecule has 268 valence electrons. The lowest BCUT2D eigenvalue weighted by atomic mass is 10.1. The average Bonchev–Trinajstić information content (AvgIpc) is 3.08. The molecule has 4 aromatic rings. The van der Waals surface area contributed by atoms with Crippen molar-refractivity contribution >= 4 is 57.8 Å². The van der Waals surface area contributed by atoms with Crippen LogP contribution in [0.3, 0.4) is 0 Å². The number of methoxy groups -OCH3 is 2. The maximum absolute atomic E-state index is 13.3. The lowest BCUT2D eigenvalue weighted by Gasteiger charge is -2.10. The fraction of sp³-hybridized carbons (Fsp3) is 0.0667. The Hall–Kier alpha value is -6.83. The number of nitrogens with zero attached hydrogens (tertiary/aromatic N) is 2. The zero-order valence-corrected chi connectivity index (χ0v) is 26.4. The predicted molar refractivity (Wildman–Crippen MR) is 168 cm³/mol. The van der Waals surface area contributed by atoms with Crippen LogP contribution < -0.4 is 20.5 Å². The van der Waals surface area contributed by atoms with Crippen LogP contribution >= 0.6 is 11.6 Å². The first-order chi connectivity index (χ1) is 24.0. The Morgan fingerprint density at radius 2 is 1.06 bits per heavy atom. The average molecular weight is 741 g/mol. The Balaban J connectivity index is 0.000000292. The van der Waals surface area contributed by atoms with Crippen LogP contribution in [0.4, 0.5) is 49.9 Å². The van der Waals surface area contributed by atoms with Gasteiger partial charge in [-0.05, 0) is 36.4 Å². The van der Waals surface area contributed by atoms with Crippen LogP contribution in [0.15, 0.2) is 72.8 Å². The highest BCUT2D eigenvalue weighted by molar-refractivity contribution is 6.61. The van der Waals surface area contributed by atoms with E-state index in [9.17, 15) is 57.0 Å². The van der Waals surface area contributed by atoms with E-state index in [1.165, 1.54) is 36.4 Å². The first kappa shape index (κ1) is 40.3. The molecule has 0 heterocycles. The van der Waals surface area contributed by atoms with Crippen molar-refractivity contribution in [2.45, 2.75) is 0 Å². The molecule has 0 aliphatic rings. The number of carbonyl (C=O) groups excluding carboxylic acids is 4. The maximum atomic E-state index is 13.3. The van der Waals surface area contributed by atoms with Crippen molar-refractivity contribution in [2.24, 2.45) is 0 Å². The second kappa shape index (κ2) is 18.6. The van der Waals surface area contributed by atoms with Gasteiger partial charge in [-0.1, -0.05) is 0 Å². The topological polar surface area (TPSA) is 230 Å². The van der Waals surface area contributed by atoms with Gasteiger partial charge in [0, 0.05) is 53.7 Å². The molecule has 0 aromatic heterocycles. The molecule has 0 aliphatic carbocycles. The first-order valence-corrected chi connectivity index (χ1v) is 13.6. The summed E-state index contributed by atoms with van der Waals surface area (Å²) in [7, 11) is 2.16. The van der Waals surface area contributed by atoms with E-state index >= 15 is 0 Å². The Kier molecular flexibility index (Phi) is 14.7. The van der Waals surface area contributed by atoms with Gasteiger partial charge in [-0.3, -0.25) is 25.5 Å². The molecule has 0 spiro atoms. The number of anilines is 2. The van der Waals surface area contributed by atoms with E-state index in [0.717, 1.165) is 32.4 Å². The molecule has 0 saturated heterocycles. The van der Waals surface area contributed by atoms with E-state index in [1.54, 1.807) is 0 Å². The molecule has 4 rings (SSSR count). The number of hydrogen-bond donors (Lipinski definition) is 2. The number of non-ortho nitro benzene ring substituents is 2. The second-order valence-corrected chi connectivity index (χ2v) is 9.31. The highest BCUT2D eigenvalue weighted by Crippen LogP contribution is 2.23. The van der Waals surface area contributed by atoms with Crippen molar-refractivity contribution in [3.05, 3.63) is 127 Å². The molecule has 0 atom stereocenters. The molecule has 0 saturated carbocycles. The number of nitrogen functional groups attached to an aromatic ring is 1. The van der Waals surface area contributed by atoms with E-state index in [1.807, 2.05) is 0 Å². The number of nitro benzene ring substituents is 2. The van der Waals surface area contributed by atoms with Crippen LogP contribution in [-0.4, -0.2) is 47.5 Å². The minimum absolute atomic E-state index is 0.0368. The van der Waals surface area contributed by atoms with Crippen molar-refractivity contribution in [3.8, 4) is 11.5 Å². The molecule has 4 aromatic carbocycles. The number of halogens is 5. The molecule has 0 bridgehead atoms. The number of ether oxygens (including phenoxy) is 4. The Bertz CT molecular complexity index is 1950. The summed E-state index contributed by atoms with van der Waals surface area (Å²) in [5.41, 5.74) is 2.89. The lowest BCUT2D eigenvalue weighted by molar-refractivity contribution is -0.385. The van der Waals surface area contributed by atoms with Gasteiger partial charge in [0.1, 0.15) is 11.5 Å². The van der Waals surface area contributed by atoms with Gasteiger partial charge in [-0.25, -0.2) is 36.7 Å². The summed E-state index contributed by atoms with van der Waals surface area (Å²) in [6.07, 6.45) is -1.12. The molecule has 3 N–H and O–H groups in total. The fourth-order valence-corrected chi connectivity index (χ4v) is 3.47. The van der Waals surface area contributed by atoms with Gasteiger partial charge in [0.2, 0.25) is 0 Å². The summed E-state index contributed by atoms with van der Waals surface area (Å²) in [5, 5.41) is 22.8. The van der Waals surface area contributed by atoms with Gasteiger partial charge in [0.25, 0.3) is 11.4 Å². The number of carbonyl (C=O) groups is 4. The standard InChI is InChI=1S/C15H10F2N2O6.C8H7F2NO2.C7H4ClNO4/c1-24-14(20)10-6-11(16)12(17)7-13(10)18-15(21)25-9-4-2-8(3-5-9)19(22)23;1-13-8(12)4-2-5(9)6(10)3-7(4)11;8-7(10)13-6-3-1-5(2-4-6)9(11)12/h2-7H,1H3,(H,18,21);2-3H,11H2,1H3;1-4H. The zero-order chi connectivity index (χ0) is 38.4. The van der Waals surface area contributed by atoms with E-state index in [4.69, 9.17) is 22.1 Å². The fourth-order valence-electron chi connectivity index (χ4n) is 3.39. The van der Waals surface area contributed by atoms with Gasteiger partial charge in [-0.2, -0.15) is 0 Å². The van der Waals surface area contributed by atoms with Gasteiger partial charge in [0.15, 0.2) is 23.3 Å². The molecule has 21 heteroatoms. The van der Waals surface area contributed by atoms with Crippen molar-refractivity contribution in [1.82, 2.24) is 0 Å². The SMILES string of the molecule is COC(=O)c1cc(F)c(F)cc1N.COC(=O)c1cc(F)c(F)cc1NC(=O)Oc1ccc([N+](=O)[O-])cc1.O=C(Cl)Oc1ccc([N+](=O)[O-])cc1. The minimum atomic E-state index is -1.30. The number of nitro groups is 2. The van der Waals surface area contributed by atoms with Crippen LogP contribution in [-0.2, 0) is 9.47 Å². The summed E-state index contributed by atoms with van der Waals surface area (Å²) < 4.78 is 69.8. The molecule has 51 heavy (non-hydrogen) atoms. The van der Waals surface area contributed by atoms with E-state index in [2.05, 4.69) is 19.5 Å². The molecule has 0 unspecified atom stereocenters. The summed E-state index contributed by atoms with van der Waals surface area (Å²) in [6.45, 7) is 0. The smallest absolute Gasteiger partial charge is 0.417 e. The minimum Gasteiger partial charge on any atom is -0.465 e. The number of hydrogen-bond acceptors (Lipinski definition) is 13. The van der Waals surface area contributed by atoms with E-state index in [-0.39, 0.29) is 39.8 Å². The normalized spacial score (nSPS) is 9.78. The number of amides is 1. The number of rotatable bonds is 7. The second-order valence-electron chi connectivity index (χ2n) is 9.00. The van der Waals surface area contributed by atoms with E-state index in [0.29, 0.717) is 18.2 Å². The van der Waals surface area contributed by atoms with Crippen LogP contribution in [0.1, 0.15) is 20.7 Å². The first-order valence-electron chi connectivity index (χ1n) is 13.2. The lowest BCUT2D eigenvalue weighted by Crippen LogP contribution is -2.19. The van der Waals surface area contributed by atoms with Crippen LogP contribution in [0, 0.1) is 43.5 Å². The van der Waals surface area contributed by atoms with Crippen LogP contribution in [0.2, 0.25) is 0 Å². The third-order valence-corrected chi connectivity index (χ3v) is 5.78. The summed E-state index contributed by atoms with van der Waals surface area (Å²) in [6, 6.07) is 12.2. The van der Waals surface area contributed by atoms with Gasteiger partial charge in [0.05, 0.1) is 40.9 Å². The molecule has 0 aliphatic heterocycles. The van der Waals surface area contributed by atoms with Crippen molar-refractivity contribution < 1.29 is 65.5 Å². The highest BCUT2D eigenvalue weighted by Gasteiger charge is 2.19. The van der Waals surface area contributed by atoms with Crippen LogP contribution in [0.25, 0.3) is 0 Å². The largest absolute Gasteiger partial charge is 0.465 e. The monoisotopic (exact) mass is 740 g/mol. The third-order valence-electron chi connectivity index (χ3n) is 5.70. The Morgan fingerprint density at radius 1 is 0.667 bits per heavy atom. The third kappa shape index (κ3) is 12.3. The Labute approximate surface area is 287 Å². The molecular formula is C30H21ClF4N4O12. The van der Waals surface area contributed by atoms with Gasteiger partial charge >= 0.3 is 23.5 Å². The summed E-state index contributed by atoms with van der Waals surface area (Å²) >= 11 is 4.92. The predicted octanol–water partition coefficient (Wildman–Crippen LogP) is 6.94. The molecule has 1 amide bonds. The number of benzene rings is 4. The summed E-state index contributed by atoms with van der Waals surface area (Å²) in [5.74, 6) is -6.47. The molecule has 16 nitrogen and oxygen atoms in total. The van der Waals surface area contributed by atoms with Crippen molar-refractivity contribution in [3.63, 3.8) is 0 Å². The number of nitrogens with one attached hydrogen (secondary N) is 1. The molecular weight excluding hydrogens is 720 g/mol.